The number of rotatable bonds is 4. The molecule has 0 bridgehead atoms. The summed E-state index contributed by atoms with van der Waals surface area (Å²) in [7, 11) is 0. The van der Waals surface area contributed by atoms with Crippen LogP contribution in [0, 0.1) is 0 Å². The van der Waals surface area contributed by atoms with Gasteiger partial charge in [-0.15, -0.1) is 13.2 Å². The molecule has 2 unspecified atom stereocenters. The van der Waals surface area contributed by atoms with Crippen molar-refractivity contribution in [3.05, 3.63) is 28.2 Å². The molecular weight excluding hydrogens is 321 g/mol. The number of hydrogen-bond acceptors (Lipinski definition) is 4. The molecule has 0 amide bonds. The lowest BCUT2D eigenvalue weighted by Crippen LogP contribution is -2.22. The van der Waals surface area contributed by atoms with E-state index in [9.17, 15) is 23.4 Å². The monoisotopic (exact) mass is 330 g/mol. The molecule has 1 aromatic rings. The number of aliphatic hydroxyl groups excluding tert-OH is 3. The van der Waals surface area contributed by atoms with E-state index in [2.05, 4.69) is 20.7 Å². The summed E-state index contributed by atoms with van der Waals surface area (Å²) < 4.78 is 40.1. The number of halogens is 4. The zero-order valence-electron chi connectivity index (χ0n) is 8.86. The normalized spacial score (nSPS) is 15.3. The molecule has 8 heteroatoms. The molecule has 3 N–H and O–H groups in total. The summed E-state index contributed by atoms with van der Waals surface area (Å²) >= 11 is 2.96. The number of aliphatic hydroxyl groups is 3. The van der Waals surface area contributed by atoms with E-state index in [-0.39, 0.29) is 10.0 Å². The summed E-state index contributed by atoms with van der Waals surface area (Å²) in [6.07, 6.45) is -7.85. The second kappa shape index (κ2) is 5.87. The van der Waals surface area contributed by atoms with E-state index < -0.39 is 30.9 Å². The van der Waals surface area contributed by atoms with E-state index in [1.54, 1.807) is 0 Å². The lowest BCUT2D eigenvalue weighted by atomic mass is 10.0. The van der Waals surface area contributed by atoms with Crippen LogP contribution in [0.3, 0.4) is 0 Å². The van der Waals surface area contributed by atoms with Gasteiger partial charge in [0.25, 0.3) is 0 Å². The number of hydrogen-bond donors (Lipinski definition) is 3. The Morgan fingerprint density at radius 1 is 1.22 bits per heavy atom. The van der Waals surface area contributed by atoms with Gasteiger partial charge in [-0.25, -0.2) is 0 Å². The van der Waals surface area contributed by atoms with E-state index in [4.69, 9.17) is 5.11 Å². The molecule has 0 aliphatic rings. The van der Waals surface area contributed by atoms with Crippen LogP contribution in [0.5, 0.6) is 5.75 Å². The summed E-state index contributed by atoms with van der Waals surface area (Å²) in [5.74, 6) is -0.531. The van der Waals surface area contributed by atoms with Crippen molar-refractivity contribution in [2.75, 3.05) is 6.61 Å². The van der Waals surface area contributed by atoms with Gasteiger partial charge in [0, 0.05) is 4.47 Å². The Labute approximate surface area is 109 Å². The highest BCUT2D eigenvalue weighted by Gasteiger charge is 2.31. The Morgan fingerprint density at radius 3 is 2.33 bits per heavy atom. The molecule has 2 atom stereocenters. The van der Waals surface area contributed by atoms with Gasteiger partial charge in [-0.05, 0) is 23.8 Å². The minimum Gasteiger partial charge on any atom is -0.406 e. The third-order valence-electron chi connectivity index (χ3n) is 2.02. The minimum absolute atomic E-state index is 0.00910. The van der Waals surface area contributed by atoms with Crippen molar-refractivity contribution in [2.45, 2.75) is 18.6 Å². The van der Waals surface area contributed by atoms with Gasteiger partial charge in [0.15, 0.2) is 0 Å². The molecule has 1 aromatic carbocycles. The van der Waals surface area contributed by atoms with Crippen molar-refractivity contribution >= 4 is 15.9 Å². The molecule has 0 heterocycles. The van der Waals surface area contributed by atoms with Crippen LogP contribution >= 0.6 is 15.9 Å². The first-order valence-electron chi connectivity index (χ1n) is 4.76. The fourth-order valence-electron chi connectivity index (χ4n) is 1.27. The zero-order chi connectivity index (χ0) is 13.9. The first kappa shape index (κ1) is 15.2. The van der Waals surface area contributed by atoms with E-state index in [0.717, 1.165) is 12.1 Å². The Balaban J connectivity index is 3.01. The van der Waals surface area contributed by atoms with Crippen molar-refractivity contribution in [1.29, 1.82) is 0 Å². The van der Waals surface area contributed by atoms with Gasteiger partial charge in [0.1, 0.15) is 18.0 Å². The third-order valence-corrected chi connectivity index (χ3v) is 2.48. The molecule has 0 spiro atoms. The molecule has 0 aliphatic heterocycles. The Bertz CT molecular complexity index is 411. The van der Waals surface area contributed by atoms with Crippen LogP contribution in [-0.2, 0) is 0 Å². The maximum atomic E-state index is 12.0. The van der Waals surface area contributed by atoms with E-state index in [0.29, 0.717) is 0 Å². The van der Waals surface area contributed by atoms with E-state index in [1.807, 2.05) is 0 Å². The minimum atomic E-state index is -4.85. The molecule has 102 valence electrons. The van der Waals surface area contributed by atoms with Crippen LogP contribution < -0.4 is 4.74 Å². The molecule has 0 saturated carbocycles. The van der Waals surface area contributed by atoms with E-state index >= 15 is 0 Å². The van der Waals surface area contributed by atoms with Crippen LogP contribution in [0.4, 0.5) is 13.2 Å². The number of alkyl halides is 3. The predicted molar refractivity (Wildman–Crippen MR) is 58.9 cm³/mol. The molecule has 0 aromatic heterocycles. The van der Waals surface area contributed by atoms with Gasteiger partial charge < -0.3 is 20.1 Å². The maximum Gasteiger partial charge on any atom is 0.573 e. The van der Waals surface area contributed by atoms with Gasteiger partial charge in [-0.3, -0.25) is 0 Å². The number of ether oxygens (including phenoxy) is 1. The summed E-state index contributed by atoms with van der Waals surface area (Å²) in [5.41, 5.74) is -0.00910. The van der Waals surface area contributed by atoms with Crippen LogP contribution in [0.15, 0.2) is 22.7 Å². The smallest absolute Gasteiger partial charge is 0.406 e. The molecule has 1 rings (SSSR count). The summed E-state index contributed by atoms with van der Waals surface area (Å²) in [4.78, 5) is 0. The molecule has 0 fully saturated rings. The van der Waals surface area contributed by atoms with Crippen LogP contribution in [-0.4, -0.2) is 34.4 Å². The fraction of sp³-hybridized carbons (Fsp3) is 0.400. The summed E-state index contributed by atoms with van der Waals surface area (Å²) in [6, 6.07) is 3.31. The quantitative estimate of drug-likeness (QED) is 0.786. The van der Waals surface area contributed by atoms with Crippen LogP contribution in [0.1, 0.15) is 11.7 Å². The Hall–Kier alpha value is -0.830. The second-order valence-corrected chi connectivity index (χ2v) is 4.38. The topological polar surface area (TPSA) is 69.9 Å². The molecule has 18 heavy (non-hydrogen) atoms. The largest absolute Gasteiger partial charge is 0.573 e. The molecule has 4 nitrogen and oxygen atoms in total. The molecular formula is C10H10BrF3O4. The van der Waals surface area contributed by atoms with E-state index in [1.165, 1.54) is 6.07 Å². The second-order valence-electron chi connectivity index (χ2n) is 3.46. The van der Waals surface area contributed by atoms with Crippen molar-refractivity contribution in [3.63, 3.8) is 0 Å². The third kappa shape index (κ3) is 4.45. The lowest BCUT2D eigenvalue weighted by Gasteiger charge is -2.17. The summed E-state index contributed by atoms with van der Waals surface area (Å²) in [6.45, 7) is -0.719. The highest BCUT2D eigenvalue weighted by atomic mass is 79.9. The molecule has 0 saturated heterocycles. The predicted octanol–water partition coefficient (Wildman–Crippen LogP) is 1.73. The Kier molecular flexibility index (Phi) is 4.97. The van der Waals surface area contributed by atoms with Crippen LogP contribution in [0.25, 0.3) is 0 Å². The van der Waals surface area contributed by atoms with Gasteiger partial charge in [-0.2, -0.15) is 0 Å². The zero-order valence-corrected chi connectivity index (χ0v) is 10.4. The highest BCUT2D eigenvalue weighted by molar-refractivity contribution is 9.10. The highest BCUT2D eigenvalue weighted by Crippen LogP contribution is 2.30. The Morgan fingerprint density at radius 2 is 1.83 bits per heavy atom. The first-order valence-corrected chi connectivity index (χ1v) is 5.55. The number of benzene rings is 1. The SMILES string of the molecule is OCC(O)C(O)c1cc(Br)cc(OC(F)(F)F)c1. The molecule has 0 aliphatic carbocycles. The van der Waals surface area contributed by atoms with Gasteiger partial charge in [-0.1, -0.05) is 15.9 Å². The average Bonchev–Trinajstić information content (AvgIpc) is 2.23. The standard InChI is InChI=1S/C10H10BrF3O4/c11-6-1-5(9(17)8(16)4-15)2-7(3-6)18-10(12,13)14/h1-3,8-9,15-17H,4H2. The van der Waals surface area contributed by atoms with Crippen molar-refractivity contribution in [1.82, 2.24) is 0 Å². The lowest BCUT2D eigenvalue weighted by molar-refractivity contribution is -0.274. The fourth-order valence-corrected chi connectivity index (χ4v) is 1.76. The maximum absolute atomic E-state index is 12.0. The van der Waals surface area contributed by atoms with Crippen molar-refractivity contribution < 1.29 is 33.2 Å². The van der Waals surface area contributed by atoms with Gasteiger partial charge in [0.2, 0.25) is 0 Å². The average molecular weight is 331 g/mol. The van der Waals surface area contributed by atoms with Crippen molar-refractivity contribution in [3.8, 4) is 5.75 Å². The summed E-state index contributed by atoms with van der Waals surface area (Å²) in [5, 5.41) is 27.4. The first-order chi connectivity index (χ1) is 8.23. The van der Waals surface area contributed by atoms with Crippen LogP contribution in [0.2, 0.25) is 0 Å². The molecule has 0 radical (unpaired) electrons. The van der Waals surface area contributed by atoms with Gasteiger partial charge in [0.05, 0.1) is 6.61 Å². The van der Waals surface area contributed by atoms with Gasteiger partial charge >= 0.3 is 6.36 Å². The van der Waals surface area contributed by atoms with Crippen molar-refractivity contribution in [2.24, 2.45) is 0 Å².